The molecule has 1 N–H and O–H groups in total. The van der Waals surface area contributed by atoms with Crippen molar-refractivity contribution in [2.75, 3.05) is 31.7 Å². The van der Waals surface area contributed by atoms with Crippen molar-refractivity contribution in [2.45, 2.75) is 76.6 Å². The van der Waals surface area contributed by atoms with Crippen LogP contribution in [0, 0.1) is 29.6 Å². The van der Waals surface area contributed by atoms with Gasteiger partial charge in [-0.05, 0) is 103 Å². The van der Waals surface area contributed by atoms with Crippen LogP contribution in [0.15, 0.2) is 48.6 Å². The summed E-state index contributed by atoms with van der Waals surface area (Å²) < 4.78 is 42.5. The van der Waals surface area contributed by atoms with Gasteiger partial charge in [-0.3, -0.25) is 4.79 Å². The Bertz CT molecular complexity index is 1580. The number of nitrogens with zero attached hydrogens (tertiary/aromatic N) is 1. The van der Waals surface area contributed by atoms with E-state index in [-0.39, 0.29) is 23.4 Å². The van der Waals surface area contributed by atoms with E-state index in [1.807, 2.05) is 39.0 Å². The van der Waals surface area contributed by atoms with E-state index in [0.717, 1.165) is 49.5 Å². The number of halogens is 1. The molecule has 2 heterocycles. The number of hydrogen-bond donors (Lipinski definition) is 1. The van der Waals surface area contributed by atoms with Crippen molar-refractivity contribution in [1.29, 1.82) is 0 Å². The van der Waals surface area contributed by atoms with Gasteiger partial charge in [0.2, 0.25) is 10.0 Å². The van der Waals surface area contributed by atoms with Gasteiger partial charge in [-0.2, -0.15) is 0 Å². The topological polar surface area (TPSA) is 84.9 Å². The molecule has 244 valence electrons. The molecule has 9 heteroatoms. The number of carbonyl (C=O) groups is 1. The van der Waals surface area contributed by atoms with Gasteiger partial charge < -0.3 is 14.4 Å². The van der Waals surface area contributed by atoms with E-state index in [1.54, 1.807) is 13.2 Å². The number of ether oxygens (including phenoxy) is 2. The molecule has 4 aliphatic rings. The Morgan fingerprint density at radius 1 is 1.11 bits per heavy atom. The molecular weight excluding hydrogens is 608 g/mol. The molecule has 2 aromatic carbocycles. The van der Waals surface area contributed by atoms with Gasteiger partial charge in [0.15, 0.2) is 0 Å². The molecule has 0 aromatic heterocycles. The number of aryl methyl sites for hydroxylation is 1. The van der Waals surface area contributed by atoms with Gasteiger partial charge in [0.05, 0.1) is 23.6 Å². The van der Waals surface area contributed by atoms with Gasteiger partial charge in [0.1, 0.15) is 5.75 Å². The lowest BCUT2D eigenvalue weighted by atomic mass is 9.62. The standard InChI is InChI=1S/C36H47ClN2O5S/c1-22(2)34-23(3)8-6-10-32(43-5)28-16-24(4)29(28)19-39-20-36(15-7-9-25-17-27(37)12-13-30(25)36)21-44-33-14-11-26(18-31(33)39)35(40)38-45(34,41)42/h6,10-14,17-18,22-24,28-29,32,34H,7-9,15-16,19-21H2,1-5H3,(H,38,40)/b10-6+/t23-,24-,28-,29-,32+,34+,36+/m1/s1. The van der Waals surface area contributed by atoms with Crippen molar-refractivity contribution < 1.29 is 22.7 Å². The van der Waals surface area contributed by atoms with E-state index < -0.39 is 21.2 Å². The summed E-state index contributed by atoms with van der Waals surface area (Å²) in [6.07, 6.45) is 8.83. The number of amides is 1. The van der Waals surface area contributed by atoms with Crippen LogP contribution in [0.2, 0.25) is 5.02 Å². The second kappa shape index (κ2) is 12.6. The molecular formula is C36H47ClN2O5S. The smallest absolute Gasteiger partial charge is 0.264 e. The van der Waals surface area contributed by atoms with Crippen LogP contribution in [0.5, 0.6) is 5.75 Å². The zero-order valence-corrected chi connectivity index (χ0v) is 28.7. The molecule has 2 aliphatic heterocycles. The highest BCUT2D eigenvalue weighted by Gasteiger charge is 2.47. The van der Waals surface area contributed by atoms with Crippen LogP contribution in [0.25, 0.3) is 0 Å². The summed E-state index contributed by atoms with van der Waals surface area (Å²) in [6, 6.07) is 11.6. The van der Waals surface area contributed by atoms with Crippen LogP contribution >= 0.6 is 11.6 Å². The first kappa shape index (κ1) is 32.4. The van der Waals surface area contributed by atoms with E-state index in [2.05, 4.69) is 40.8 Å². The van der Waals surface area contributed by atoms with Crippen LogP contribution in [-0.2, 0) is 26.6 Å². The van der Waals surface area contributed by atoms with Gasteiger partial charge in [-0.15, -0.1) is 0 Å². The van der Waals surface area contributed by atoms with Crippen molar-refractivity contribution in [3.05, 3.63) is 70.3 Å². The summed E-state index contributed by atoms with van der Waals surface area (Å²) in [6.45, 7) is 10.1. The maximum atomic E-state index is 13.7. The molecule has 7 nitrogen and oxygen atoms in total. The zero-order chi connectivity index (χ0) is 32.1. The number of benzene rings is 2. The van der Waals surface area contributed by atoms with Crippen molar-refractivity contribution in [3.63, 3.8) is 0 Å². The largest absolute Gasteiger partial charge is 0.490 e. The quantitative estimate of drug-likeness (QED) is 0.360. The zero-order valence-electron chi connectivity index (χ0n) is 27.1. The molecule has 2 bridgehead atoms. The predicted octanol–water partition coefficient (Wildman–Crippen LogP) is 6.78. The van der Waals surface area contributed by atoms with Crippen LogP contribution in [0.1, 0.15) is 74.9 Å². The lowest BCUT2D eigenvalue weighted by Gasteiger charge is -2.49. The van der Waals surface area contributed by atoms with Gasteiger partial charge in [0.25, 0.3) is 5.91 Å². The third kappa shape index (κ3) is 6.15. The number of rotatable bonds is 2. The maximum absolute atomic E-state index is 13.7. The first-order chi connectivity index (χ1) is 21.4. The second-order valence-electron chi connectivity index (χ2n) is 14.4. The van der Waals surface area contributed by atoms with Crippen LogP contribution in [0.4, 0.5) is 5.69 Å². The number of hydrogen-bond acceptors (Lipinski definition) is 6. The van der Waals surface area contributed by atoms with E-state index in [1.165, 1.54) is 11.1 Å². The first-order valence-corrected chi connectivity index (χ1v) is 18.4. The molecule has 45 heavy (non-hydrogen) atoms. The highest BCUT2D eigenvalue weighted by Crippen LogP contribution is 2.48. The molecule has 1 spiro atoms. The minimum atomic E-state index is -3.95. The predicted molar refractivity (Wildman–Crippen MR) is 180 cm³/mol. The Hall–Kier alpha value is -2.55. The average Bonchev–Trinajstić information content (AvgIpc) is 3.13. The van der Waals surface area contributed by atoms with Gasteiger partial charge >= 0.3 is 0 Å². The molecule has 1 amide bonds. The first-order valence-electron chi connectivity index (χ1n) is 16.5. The molecule has 0 unspecified atom stereocenters. The Labute approximate surface area is 273 Å². The summed E-state index contributed by atoms with van der Waals surface area (Å²) in [4.78, 5) is 16.0. The van der Waals surface area contributed by atoms with E-state index in [9.17, 15) is 13.2 Å². The summed E-state index contributed by atoms with van der Waals surface area (Å²) in [5.74, 6) is 0.977. The minimum absolute atomic E-state index is 0.0549. The number of sulfonamides is 1. The summed E-state index contributed by atoms with van der Waals surface area (Å²) >= 11 is 6.44. The number of fused-ring (bicyclic) bond motifs is 4. The normalized spacial score (nSPS) is 33.7. The fourth-order valence-corrected chi connectivity index (χ4v) is 10.9. The molecule has 1 saturated carbocycles. The molecule has 6 rings (SSSR count). The highest BCUT2D eigenvalue weighted by atomic mass is 35.5. The Morgan fingerprint density at radius 2 is 1.91 bits per heavy atom. The molecule has 0 radical (unpaired) electrons. The number of methoxy groups -OCH3 is 1. The van der Waals surface area contributed by atoms with E-state index in [0.29, 0.717) is 42.1 Å². The summed E-state index contributed by atoms with van der Waals surface area (Å²) in [5.41, 5.74) is 3.46. The number of allylic oxidation sites excluding steroid dienone is 1. The average molecular weight is 655 g/mol. The minimum Gasteiger partial charge on any atom is -0.490 e. The molecule has 2 aliphatic carbocycles. The molecule has 0 saturated heterocycles. The fraction of sp³-hybridized carbons (Fsp3) is 0.583. The number of nitrogens with one attached hydrogen (secondary N) is 1. The van der Waals surface area contributed by atoms with E-state index >= 15 is 0 Å². The third-order valence-corrected chi connectivity index (χ3v) is 13.4. The highest BCUT2D eigenvalue weighted by molar-refractivity contribution is 7.90. The van der Waals surface area contributed by atoms with Gasteiger partial charge in [0, 0.05) is 36.2 Å². The molecule has 7 atom stereocenters. The second-order valence-corrected chi connectivity index (χ2v) is 16.6. The van der Waals surface area contributed by atoms with E-state index in [4.69, 9.17) is 21.1 Å². The lowest BCUT2D eigenvalue weighted by molar-refractivity contribution is -0.0230. The van der Waals surface area contributed by atoms with Crippen molar-refractivity contribution in [1.82, 2.24) is 4.72 Å². The Morgan fingerprint density at radius 3 is 2.64 bits per heavy atom. The number of anilines is 1. The van der Waals surface area contributed by atoms with Crippen molar-refractivity contribution in [3.8, 4) is 5.75 Å². The summed E-state index contributed by atoms with van der Waals surface area (Å²) in [7, 11) is -2.18. The van der Waals surface area contributed by atoms with Crippen molar-refractivity contribution >= 4 is 33.2 Å². The Kier molecular flexibility index (Phi) is 9.05. The maximum Gasteiger partial charge on any atom is 0.264 e. The van der Waals surface area contributed by atoms with Crippen molar-refractivity contribution in [2.24, 2.45) is 29.6 Å². The van der Waals surface area contributed by atoms with Crippen LogP contribution in [-0.4, -0.2) is 52.5 Å². The Balaban J connectivity index is 1.45. The van der Waals surface area contributed by atoms with Crippen LogP contribution < -0.4 is 14.4 Å². The third-order valence-electron chi connectivity index (χ3n) is 11.0. The summed E-state index contributed by atoms with van der Waals surface area (Å²) in [5, 5.41) is 0.0232. The molecule has 1 fully saturated rings. The van der Waals surface area contributed by atoms with Gasteiger partial charge in [-0.25, -0.2) is 13.1 Å². The van der Waals surface area contributed by atoms with Crippen LogP contribution in [0.3, 0.4) is 0 Å². The number of carbonyl (C=O) groups excluding carboxylic acids is 1. The molecule has 2 aromatic rings. The lowest BCUT2D eigenvalue weighted by Crippen LogP contribution is -2.52. The van der Waals surface area contributed by atoms with Gasteiger partial charge in [-0.1, -0.05) is 57.5 Å². The monoisotopic (exact) mass is 654 g/mol. The fourth-order valence-electron chi connectivity index (χ4n) is 8.74. The SMILES string of the molecule is CO[C@H]1/C=C/C[C@@H](C)[C@H](C(C)C)S(=O)(=O)NC(=O)c2ccc3c(c2)N(C[C@H]2[C@H]1C[C@H]2C)C[C@@]1(CCCc2cc(Cl)ccc21)CO3.